The van der Waals surface area contributed by atoms with E-state index in [-0.39, 0.29) is 11.3 Å². The molecule has 4 atom stereocenters. The Hall–Kier alpha value is -0.830. The van der Waals surface area contributed by atoms with Gasteiger partial charge in [-0.05, 0) is 61.2 Å². The summed E-state index contributed by atoms with van der Waals surface area (Å²) in [7, 11) is 0. The van der Waals surface area contributed by atoms with E-state index in [9.17, 15) is 9.90 Å². The molecule has 3 aliphatic rings. The molecule has 0 radical (unpaired) electrons. The molecule has 130 valence electrons. The van der Waals surface area contributed by atoms with Crippen molar-refractivity contribution in [2.24, 2.45) is 22.7 Å². The van der Waals surface area contributed by atoms with Crippen LogP contribution in [0, 0.1) is 22.7 Å². The molecule has 0 saturated heterocycles. The normalized spacial score (nSPS) is 42.8. The minimum absolute atomic E-state index is 0.0257. The number of amides is 1. The van der Waals surface area contributed by atoms with Crippen LogP contribution in [0.25, 0.3) is 0 Å². The van der Waals surface area contributed by atoms with Crippen LogP contribution in [0.4, 0.5) is 0 Å². The van der Waals surface area contributed by atoms with Crippen LogP contribution in [0.15, 0.2) is 11.6 Å². The Balaban J connectivity index is 1.86. The molecule has 1 heterocycles. The zero-order chi connectivity index (χ0) is 16.9. The molecule has 23 heavy (non-hydrogen) atoms. The van der Waals surface area contributed by atoms with Crippen molar-refractivity contribution in [2.75, 3.05) is 6.54 Å². The monoisotopic (exact) mass is 319 g/mol. The van der Waals surface area contributed by atoms with E-state index in [1.165, 1.54) is 19.3 Å². The SMILES string of the molecule is C[C@@H]1CC[C@H]2C(C)(C)CCC[C@]2(C)[C@@]1(O)CCC1=CCNC1=O. The first-order valence-corrected chi connectivity index (χ1v) is 9.40. The van der Waals surface area contributed by atoms with Gasteiger partial charge in [-0.15, -0.1) is 0 Å². The predicted molar refractivity (Wildman–Crippen MR) is 92.9 cm³/mol. The summed E-state index contributed by atoms with van der Waals surface area (Å²) in [6.45, 7) is 9.97. The van der Waals surface area contributed by atoms with Gasteiger partial charge in [-0.1, -0.05) is 40.2 Å². The van der Waals surface area contributed by atoms with Gasteiger partial charge in [0.1, 0.15) is 0 Å². The molecule has 0 bridgehead atoms. The Labute approximate surface area is 140 Å². The van der Waals surface area contributed by atoms with Gasteiger partial charge < -0.3 is 10.4 Å². The molecule has 1 aliphatic heterocycles. The fraction of sp³-hybridized carbons (Fsp3) is 0.850. The van der Waals surface area contributed by atoms with Gasteiger partial charge in [-0.2, -0.15) is 0 Å². The summed E-state index contributed by atoms with van der Waals surface area (Å²) in [5.74, 6) is 0.946. The molecule has 0 aromatic rings. The average molecular weight is 319 g/mol. The Bertz CT molecular complexity index is 524. The van der Waals surface area contributed by atoms with Crippen LogP contribution in [0.1, 0.15) is 72.6 Å². The molecular formula is C20H33NO2. The van der Waals surface area contributed by atoms with Crippen molar-refractivity contribution in [1.29, 1.82) is 0 Å². The molecule has 3 rings (SSSR count). The molecule has 1 amide bonds. The van der Waals surface area contributed by atoms with E-state index in [1.54, 1.807) is 0 Å². The highest BCUT2D eigenvalue weighted by Gasteiger charge is 2.60. The van der Waals surface area contributed by atoms with Crippen LogP contribution < -0.4 is 5.32 Å². The van der Waals surface area contributed by atoms with E-state index >= 15 is 0 Å². The zero-order valence-corrected chi connectivity index (χ0v) is 15.2. The smallest absolute Gasteiger partial charge is 0.247 e. The minimum Gasteiger partial charge on any atom is -0.389 e. The topological polar surface area (TPSA) is 49.3 Å². The van der Waals surface area contributed by atoms with Crippen LogP contribution >= 0.6 is 0 Å². The second kappa shape index (κ2) is 5.61. The number of carbonyl (C=O) groups is 1. The summed E-state index contributed by atoms with van der Waals surface area (Å²) < 4.78 is 0. The van der Waals surface area contributed by atoms with Crippen LogP contribution in [0.3, 0.4) is 0 Å². The van der Waals surface area contributed by atoms with Gasteiger partial charge in [0.2, 0.25) is 5.91 Å². The number of nitrogens with one attached hydrogen (secondary N) is 1. The average Bonchev–Trinajstić information content (AvgIpc) is 2.87. The van der Waals surface area contributed by atoms with E-state index in [1.807, 2.05) is 6.08 Å². The fourth-order valence-corrected chi connectivity index (χ4v) is 6.11. The lowest BCUT2D eigenvalue weighted by atomic mass is 9.44. The van der Waals surface area contributed by atoms with Gasteiger partial charge in [0.25, 0.3) is 0 Å². The summed E-state index contributed by atoms with van der Waals surface area (Å²) >= 11 is 0. The number of carbonyl (C=O) groups excluding carboxylic acids is 1. The van der Waals surface area contributed by atoms with Gasteiger partial charge in [0, 0.05) is 12.1 Å². The first kappa shape index (κ1) is 17.0. The molecule has 0 aromatic heterocycles. The van der Waals surface area contributed by atoms with Crippen LogP contribution in [-0.4, -0.2) is 23.2 Å². The maximum absolute atomic E-state index is 11.8. The first-order chi connectivity index (χ1) is 10.7. The van der Waals surface area contributed by atoms with Crippen molar-refractivity contribution >= 4 is 5.91 Å². The Morgan fingerprint density at radius 1 is 1.26 bits per heavy atom. The Morgan fingerprint density at radius 3 is 2.65 bits per heavy atom. The Kier molecular flexibility index (Phi) is 4.15. The maximum atomic E-state index is 11.8. The van der Waals surface area contributed by atoms with E-state index in [0.29, 0.717) is 30.2 Å². The van der Waals surface area contributed by atoms with Crippen molar-refractivity contribution in [3.8, 4) is 0 Å². The van der Waals surface area contributed by atoms with Crippen molar-refractivity contribution in [3.63, 3.8) is 0 Å². The second-order valence-corrected chi connectivity index (χ2v) is 9.15. The lowest BCUT2D eigenvalue weighted by Crippen LogP contribution is -2.62. The number of rotatable bonds is 3. The van der Waals surface area contributed by atoms with Crippen molar-refractivity contribution in [2.45, 2.75) is 78.2 Å². The molecule has 0 spiro atoms. The third-order valence-electron chi connectivity index (χ3n) is 7.60. The summed E-state index contributed by atoms with van der Waals surface area (Å²) in [4.78, 5) is 11.8. The number of hydrogen-bond acceptors (Lipinski definition) is 2. The molecule has 2 aliphatic carbocycles. The highest BCUT2D eigenvalue weighted by Crippen LogP contribution is 2.63. The van der Waals surface area contributed by atoms with Gasteiger partial charge in [0.15, 0.2) is 0 Å². The molecule has 3 nitrogen and oxygen atoms in total. The van der Waals surface area contributed by atoms with E-state index in [4.69, 9.17) is 0 Å². The summed E-state index contributed by atoms with van der Waals surface area (Å²) in [5.41, 5.74) is 0.497. The van der Waals surface area contributed by atoms with E-state index < -0.39 is 5.60 Å². The number of fused-ring (bicyclic) bond motifs is 1. The highest BCUT2D eigenvalue weighted by atomic mass is 16.3. The standard InChI is InChI=1S/C20H33NO2/c1-14-6-7-16-18(2,3)10-5-11-19(16,4)20(14,23)12-8-15-9-13-21-17(15)22/h9,14,16,23H,5-8,10-13H2,1-4H3,(H,21,22)/t14-,16+,19+,20-/m1/s1. The Morgan fingerprint density at radius 2 is 2.00 bits per heavy atom. The predicted octanol–water partition coefficient (Wildman–Crippen LogP) is 3.82. The van der Waals surface area contributed by atoms with Crippen molar-refractivity contribution < 1.29 is 9.90 Å². The fourth-order valence-electron chi connectivity index (χ4n) is 6.11. The number of hydrogen-bond donors (Lipinski definition) is 2. The molecular weight excluding hydrogens is 286 g/mol. The van der Waals surface area contributed by atoms with Crippen molar-refractivity contribution in [3.05, 3.63) is 11.6 Å². The third-order valence-corrected chi connectivity index (χ3v) is 7.60. The maximum Gasteiger partial charge on any atom is 0.247 e. The molecule has 2 fully saturated rings. The van der Waals surface area contributed by atoms with Crippen LogP contribution in [0.2, 0.25) is 0 Å². The van der Waals surface area contributed by atoms with Crippen molar-refractivity contribution in [1.82, 2.24) is 5.32 Å². The number of aliphatic hydroxyl groups is 1. The molecule has 2 N–H and O–H groups in total. The third kappa shape index (κ3) is 2.56. The van der Waals surface area contributed by atoms with Gasteiger partial charge in [-0.25, -0.2) is 0 Å². The first-order valence-electron chi connectivity index (χ1n) is 9.40. The lowest BCUT2D eigenvalue weighted by molar-refractivity contribution is -0.211. The van der Waals surface area contributed by atoms with Crippen LogP contribution in [-0.2, 0) is 4.79 Å². The largest absolute Gasteiger partial charge is 0.389 e. The van der Waals surface area contributed by atoms with Gasteiger partial charge in [-0.3, -0.25) is 4.79 Å². The summed E-state index contributed by atoms with van der Waals surface area (Å²) in [6, 6.07) is 0. The molecule has 3 heteroatoms. The van der Waals surface area contributed by atoms with Gasteiger partial charge >= 0.3 is 0 Å². The minimum atomic E-state index is -0.655. The molecule has 0 unspecified atom stereocenters. The lowest BCUT2D eigenvalue weighted by Gasteiger charge is -2.63. The van der Waals surface area contributed by atoms with Gasteiger partial charge in [0.05, 0.1) is 5.60 Å². The van der Waals surface area contributed by atoms with Crippen LogP contribution in [0.5, 0.6) is 0 Å². The van der Waals surface area contributed by atoms with E-state index in [0.717, 1.165) is 24.8 Å². The molecule has 0 aromatic carbocycles. The second-order valence-electron chi connectivity index (χ2n) is 9.15. The summed E-state index contributed by atoms with van der Waals surface area (Å²) in [6.07, 6.45) is 9.34. The zero-order valence-electron chi connectivity index (χ0n) is 15.2. The van der Waals surface area contributed by atoms with E-state index in [2.05, 4.69) is 33.0 Å². The quantitative estimate of drug-likeness (QED) is 0.831. The molecule has 2 saturated carbocycles. The summed E-state index contributed by atoms with van der Waals surface area (Å²) in [5, 5.41) is 14.7. The highest BCUT2D eigenvalue weighted by molar-refractivity contribution is 5.95.